The molecule has 0 radical (unpaired) electrons. The van der Waals surface area contributed by atoms with E-state index in [1.165, 1.54) is 5.56 Å². The second-order valence-electron chi connectivity index (χ2n) is 6.66. The Labute approximate surface area is 147 Å². The summed E-state index contributed by atoms with van der Waals surface area (Å²) >= 11 is 5.95. The van der Waals surface area contributed by atoms with Gasteiger partial charge < -0.3 is 10.2 Å². The van der Waals surface area contributed by atoms with E-state index in [2.05, 4.69) is 10.6 Å². The van der Waals surface area contributed by atoms with Gasteiger partial charge in [-0.3, -0.25) is 14.9 Å². The van der Waals surface area contributed by atoms with Crippen molar-refractivity contribution < 1.29 is 9.59 Å². The van der Waals surface area contributed by atoms with Gasteiger partial charge in [0.05, 0.1) is 13.1 Å². The second kappa shape index (κ2) is 7.53. The Morgan fingerprint density at radius 1 is 1.04 bits per heavy atom. The van der Waals surface area contributed by atoms with E-state index < -0.39 is 0 Å². The van der Waals surface area contributed by atoms with Crippen LogP contribution in [-0.4, -0.2) is 42.9 Å². The molecule has 1 aromatic rings. The molecule has 2 N–H and O–H groups in total. The van der Waals surface area contributed by atoms with Gasteiger partial charge in [-0.15, -0.1) is 0 Å². The third kappa shape index (κ3) is 3.90. The number of nitrogens with one attached hydrogen (secondary N) is 2. The van der Waals surface area contributed by atoms with Crippen molar-refractivity contribution in [2.45, 2.75) is 37.6 Å². The third-order valence-electron chi connectivity index (χ3n) is 5.09. The highest BCUT2D eigenvalue weighted by Gasteiger charge is 2.38. The number of amides is 2. The first-order chi connectivity index (χ1) is 11.6. The van der Waals surface area contributed by atoms with Crippen LogP contribution in [-0.2, 0) is 15.1 Å². The maximum absolute atomic E-state index is 12.1. The quantitative estimate of drug-likeness (QED) is 0.826. The summed E-state index contributed by atoms with van der Waals surface area (Å²) in [5.41, 5.74) is 1.03. The molecular weight excluding hydrogens is 326 g/mol. The molecule has 1 aromatic carbocycles. The lowest BCUT2D eigenvalue weighted by Gasteiger charge is -2.43. The third-order valence-corrected chi connectivity index (χ3v) is 5.34. The smallest absolute Gasteiger partial charge is 0.241 e. The highest BCUT2D eigenvalue weighted by atomic mass is 35.5. The fourth-order valence-electron chi connectivity index (χ4n) is 3.43. The molecule has 2 aliphatic rings. The minimum Gasteiger partial charge on any atom is -0.346 e. The van der Waals surface area contributed by atoms with Crippen LogP contribution in [0.2, 0.25) is 5.02 Å². The maximum Gasteiger partial charge on any atom is 0.241 e. The zero-order valence-electron chi connectivity index (χ0n) is 13.8. The Bertz CT molecular complexity index is 593. The first kappa shape index (κ1) is 17.2. The van der Waals surface area contributed by atoms with E-state index in [0.29, 0.717) is 5.02 Å². The van der Waals surface area contributed by atoms with Gasteiger partial charge in [0.1, 0.15) is 0 Å². The molecular formula is C18H24ClN3O2. The minimum atomic E-state index is -0.138. The topological polar surface area (TPSA) is 61.4 Å². The summed E-state index contributed by atoms with van der Waals surface area (Å²) in [6.45, 7) is 1.93. The summed E-state index contributed by atoms with van der Waals surface area (Å²) in [6.07, 6.45) is 5.28. The van der Waals surface area contributed by atoms with Gasteiger partial charge in [0.15, 0.2) is 0 Å². The van der Waals surface area contributed by atoms with Crippen LogP contribution in [0.3, 0.4) is 0 Å². The molecule has 0 bridgehead atoms. The van der Waals surface area contributed by atoms with Crippen LogP contribution >= 0.6 is 11.6 Å². The van der Waals surface area contributed by atoms with Gasteiger partial charge in [0, 0.05) is 23.7 Å². The Hall–Kier alpha value is -1.59. The molecule has 24 heavy (non-hydrogen) atoms. The highest BCUT2D eigenvalue weighted by molar-refractivity contribution is 6.30. The molecule has 5 nitrogen and oxygen atoms in total. The molecule has 130 valence electrons. The van der Waals surface area contributed by atoms with Gasteiger partial charge in [-0.25, -0.2) is 0 Å². The number of halogens is 1. The zero-order valence-corrected chi connectivity index (χ0v) is 14.6. The summed E-state index contributed by atoms with van der Waals surface area (Å²) in [7, 11) is 0. The van der Waals surface area contributed by atoms with Crippen molar-refractivity contribution in [3.05, 3.63) is 34.9 Å². The van der Waals surface area contributed by atoms with E-state index in [1.54, 1.807) is 0 Å². The number of benzene rings is 1. The Morgan fingerprint density at radius 3 is 2.29 bits per heavy atom. The van der Waals surface area contributed by atoms with Gasteiger partial charge in [0.2, 0.25) is 11.8 Å². The van der Waals surface area contributed by atoms with Gasteiger partial charge in [-0.1, -0.05) is 23.7 Å². The molecule has 1 aliphatic carbocycles. The molecule has 6 heteroatoms. The van der Waals surface area contributed by atoms with E-state index in [4.69, 9.17) is 11.6 Å². The molecule has 0 unspecified atom stereocenters. The predicted molar refractivity (Wildman–Crippen MR) is 93.8 cm³/mol. The molecule has 2 fully saturated rings. The van der Waals surface area contributed by atoms with Gasteiger partial charge in [-0.05, 0) is 49.8 Å². The van der Waals surface area contributed by atoms with Crippen molar-refractivity contribution in [1.29, 1.82) is 0 Å². The molecule has 0 spiro atoms. The van der Waals surface area contributed by atoms with Gasteiger partial charge in [0.25, 0.3) is 0 Å². The van der Waals surface area contributed by atoms with Crippen molar-refractivity contribution in [3.8, 4) is 0 Å². The van der Waals surface area contributed by atoms with Crippen molar-refractivity contribution >= 4 is 23.4 Å². The van der Waals surface area contributed by atoms with Crippen LogP contribution in [0.4, 0.5) is 0 Å². The monoisotopic (exact) mass is 349 g/mol. The van der Waals surface area contributed by atoms with E-state index in [0.717, 1.165) is 45.2 Å². The fraction of sp³-hybridized carbons (Fsp3) is 0.556. The van der Waals surface area contributed by atoms with Gasteiger partial charge in [-0.2, -0.15) is 0 Å². The summed E-state index contributed by atoms with van der Waals surface area (Å²) in [5.74, 6) is -0.125. The number of carbonyl (C=O) groups is 2. The lowest BCUT2D eigenvalue weighted by atomic mass is 9.72. The van der Waals surface area contributed by atoms with E-state index >= 15 is 0 Å². The van der Waals surface area contributed by atoms with Crippen LogP contribution in [0.5, 0.6) is 0 Å². The number of nitrogens with zero attached hydrogens (tertiary/aromatic N) is 1. The molecule has 2 amide bonds. The van der Waals surface area contributed by atoms with Crippen LogP contribution in [0.1, 0.15) is 37.7 Å². The predicted octanol–water partition coefficient (Wildman–Crippen LogP) is 2.05. The van der Waals surface area contributed by atoms with Crippen molar-refractivity contribution in [2.75, 3.05) is 26.2 Å². The number of hydrogen-bond donors (Lipinski definition) is 2. The largest absolute Gasteiger partial charge is 0.346 e. The van der Waals surface area contributed by atoms with Crippen LogP contribution in [0.15, 0.2) is 24.3 Å². The highest BCUT2D eigenvalue weighted by Crippen LogP contribution is 2.41. The number of hydrogen-bond acceptors (Lipinski definition) is 3. The molecule has 3 rings (SSSR count). The summed E-state index contributed by atoms with van der Waals surface area (Å²) in [6, 6.07) is 7.80. The summed E-state index contributed by atoms with van der Waals surface area (Å²) in [4.78, 5) is 25.8. The van der Waals surface area contributed by atoms with Crippen molar-refractivity contribution in [1.82, 2.24) is 15.5 Å². The molecule has 1 heterocycles. The average Bonchev–Trinajstić information content (AvgIpc) is 3.07. The Balaban J connectivity index is 1.47. The van der Waals surface area contributed by atoms with Crippen molar-refractivity contribution in [3.63, 3.8) is 0 Å². The Morgan fingerprint density at radius 2 is 1.71 bits per heavy atom. The molecule has 1 saturated heterocycles. The number of likely N-dealkylation sites (tertiary alicyclic amines) is 1. The normalized spacial score (nSPS) is 19.0. The minimum absolute atomic E-state index is 0.0110. The van der Waals surface area contributed by atoms with Crippen LogP contribution < -0.4 is 10.6 Å². The van der Waals surface area contributed by atoms with E-state index in [-0.39, 0.29) is 30.4 Å². The van der Waals surface area contributed by atoms with Gasteiger partial charge >= 0.3 is 0 Å². The number of carbonyl (C=O) groups excluding carboxylic acids is 2. The standard InChI is InChI=1S/C18H24ClN3O2/c19-15-6-4-14(5-7-15)18(8-3-9-18)21-12-16(23)20-13-17(24)22-10-1-2-11-22/h4-7,21H,1-3,8-13H2,(H,20,23). The average molecular weight is 350 g/mol. The second-order valence-corrected chi connectivity index (χ2v) is 7.10. The number of rotatable bonds is 6. The first-order valence-electron chi connectivity index (χ1n) is 8.65. The molecule has 1 aliphatic heterocycles. The van der Waals surface area contributed by atoms with E-state index in [9.17, 15) is 9.59 Å². The fourth-order valence-corrected chi connectivity index (χ4v) is 3.56. The summed E-state index contributed by atoms with van der Waals surface area (Å²) < 4.78 is 0. The van der Waals surface area contributed by atoms with E-state index in [1.807, 2.05) is 29.2 Å². The van der Waals surface area contributed by atoms with Crippen LogP contribution in [0, 0.1) is 0 Å². The molecule has 0 atom stereocenters. The maximum atomic E-state index is 12.1. The lowest BCUT2D eigenvalue weighted by Crippen LogP contribution is -2.52. The molecule has 1 saturated carbocycles. The SMILES string of the molecule is O=C(CNC1(c2ccc(Cl)cc2)CCC1)NCC(=O)N1CCCC1. The Kier molecular flexibility index (Phi) is 5.41. The molecule has 0 aromatic heterocycles. The summed E-state index contributed by atoms with van der Waals surface area (Å²) in [5, 5.41) is 6.82. The lowest BCUT2D eigenvalue weighted by molar-refractivity contribution is -0.131. The first-order valence-corrected chi connectivity index (χ1v) is 9.02. The van der Waals surface area contributed by atoms with Crippen LogP contribution in [0.25, 0.3) is 0 Å². The zero-order chi connectivity index (χ0) is 17.0. The van der Waals surface area contributed by atoms with Crippen molar-refractivity contribution in [2.24, 2.45) is 0 Å².